The number of amides is 1. The summed E-state index contributed by atoms with van der Waals surface area (Å²) < 4.78 is 26.2. The summed E-state index contributed by atoms with van der Waals surface area (Å²) >= 11 is 0. The van der Waals surface area contributed by atoms with Crippen molar-refractivity contribution in [3.8, 4) is 5.75 Å². The third-order valence-electron chi connectivity index (χ3n) is 7.56. The minimum Gasteiger partial charge on any atom is -0.492 e. The van der Waals surface area contributed by atoms with Crippen molar-refractivity contribution in [3.63, 3.8) is 0 Å². The molecule has 1 amide bonds. The molecule has 0 unspecified atom stereocenters. The van der Waals surface area contributed by atoms with Crippen molar-refractivity contribution >= 4 is 29.0 Å². The summed E-state index contributed by atoms with van der Waals surface area (Å²) in [6, 6.07) is 12.5. The first-order chi connectivity index (χ1) is 18.9. The van der Waals surface area contributed by atoms with Crippen molar-refractivity contribution in [2.24, 2.45) is 0 Å². The summed E-state index contributed by atoms with van der Waals surface area (Å²) in [7, 11) is 0. The third-order valence-corrected chi connectivity index (χ3v) is 7.56. The van der Waals surface area contributed by atoms with E-state index in [4.69, 9.17) is 9.47 Å². The van der Waals surface area contributed by atoms with Gasteiger partial charge in [-0.1, -0.05) is 18.2 Å². The number of fused-ring (bicyclic) bond motifs is 3. The molecule has 0 atom stereocenters. The van der Waals surface area contributed by atoms with Gasteiger partial charge in [-0.2, -0.15) is 9.61 Å². The number of piperidine rings is 1. The Morgan fingerprint density at radius 2 is 1.95 bits per heavy atom. The molecule has 0 bridgehead atoms. The normalized spacial score (nSPS) is 15.7. The minimum atomic E-state index is -0.527. The van der Waals surface area contributed by atoms with Gasteiger partial charge in [-0.15, -0.1) is 0 Å². The molecule has 0 radical (unpaired) electrons. The molecule has 1 saturated heterocycles. The summed E-state index contributed by atoms with van der Waals surface area (Å²) in [6.45, 7) is 5.43. The van der Waals surface area contributed by atoms with E-state index >= 15 is 0 Å². The van der Waals surface area contributed by atoms with E-state index in [1.54, 1.807) is 17.9 Å². The predicted octanol–water partition coefficient (Wildman–Crippen LogP) is 4.66. The second kappa shape index (κ2) is 9.68. The Morgan fingerprint density at radius 3 is 2.72 bits per heavy atom. The van der Waals surface area contributed by atoms with Gasteiger partial charge in [-0.25, -0.2) is 14.2 Å². The molecule has 0 saturated carbocycles. The van der Waals surface area contributed by atoms with Crippen LogP contribution in [-0.2, 0) is 10.2 Å². The fraction of sp³-hybridized carbons (Fsp3) is 0.310. The Hall–Kier alpha value is -4.47. The van der Waals surface area contributed by atoms with Gasteiger partial charge in [0.2, 0.25) is 0 Å². The Morgan fingerprint density at radius 1 is 1.13 bits per heavy atom. The van der Waals surface area contributed by atoms with Crippen LogP contribution in [0, 0.1) is 12.7 Å². The number of carbonyl (C=O) groups excluding carboxylic acids is 2. The maximum atomic E-state index is 13.9. The maximum absolute atomic E-state index is 13.9. The number of aryl methyl sites for hydroxylation is 1. The number of hydrogen-bond acceptors (Lipinski definition) is 7. The number of nitrogens with zero attached hydrogens (tertiary/aromatic N) is 4. The quantitative estimate of drug-likeness (QED) is 0.376. The number of nitrogens with one attached hydrogen (secondary N) is 1. The van der Waals surface area contributed by atoms with Crippen LogP contribution in [0.25, 0.3) is 5.65 Å². The van der Waals surface area contributed by atoms with Crippen LogP contribution in [0.4, 0.5) is 15.9 Å². The number of rotatable bonds is 5. The summed E-state index contributed by atoms with van der Waals surface area (Å²) in [4.78, 5) is 32.6. The number of likely N-dealkylation sites (tertiary alicyclic amines) is 1. The molecule has 2 aromatic carbocycles. The SMILES string of the molecule is CCOC(=O)c1cnn2c(Nc3cccc(C)c3)c(C(=O)N3CCC4(CC3)COc3cc(F)ccc34)cnc12. The van der Waals surface area contributed by atoms with E-state index in [0.717, 1.165) is 16.8 Å². The lowest BCUT2D eigenvalue weighted by molar-refractivity contribution is 0.0528. The number of benzene rings is 2. The van der Waals surface area contributed by atoms with Crippen LogP contribution >= 0.6 is 0 Å². The van der Waals surface area contributed by atoms with Gasteiger partial charge in [0, 0.05) is 42.0 Å². The summed E-state index contributed by atoms with van der Waals surface area (Å²) in [5.41, 5.74) is 3.44. The third kappa shape index (κ3) is 4.35. The van der Waals surface area contributed by atoms with Gasteiger partial charge < -0.3 is 19.7 Å². The zero-order valence-electron chi connectivity index (χ0n) is 21.7. The van der Waals surface area contributed by atoms with Gasteiger partial charge in [-0.3, -0.25) is 4.79 Å². The van der Waals surface area contributed by atoms with Gasteiger partial charge in [0.05, 0.1) is 19.4 Å². The van der Waals surface area contributed by atoms with Crippen LogP contribution in [0.1, 0.15) is 51.6 Å². The zero-order valence-corrected chi connectivity index (χ0v) is 21.7. The summed E-state index contributed by atoms with van der Waals surface area (Å²) in [5, 5.41) is 7.72. The molecule has 6 rings (SSSR count). The fourth-order valence-corrected chi connectivity index (χ4v) is 5.49. The number of esters is 1. The van der Waals surface area contributed by atoms with Crippen LogP contribution in [0.5, 0.6) is 5.75 Å². The first kappa shape index (κ1) is 24.8. The second-order valence-electron chi connectivity index (χ2n) is 10.0. The highest BCUT2D eigenvalue weighted by atomic mass is 19.1. The molecule has 200 valence electrons. The fourth-order valence-electron chi connectivity index (χ4n) is 5.49. The van der Waals surface area contributed by atoms with Gasteiger partial charge in [0.1, 0.15) is 28.5 Å². The Bertz CT molecular complexity index is 1590. The molecule has 0 aliphatic carbocycles. The number of hydrogen-bond donors (Lipinski definition) is 1. The van der Waals surface area contributed by atoms with Crippen molar-refractivity contribution in [2.75, 3.05) is 31.6 Å². The lowest BCUT2D eigenvalue weighted by atomic mass is 9.74. The predicted molar refractivity (Wildman–Crippen MR) is 142 cm³/mol. The number of halogens is 1. The largest absolute Gasteiger partial charge is 0.492 e. The van der Waals surface area contributed by atoms with Crippen LogP contribution in [0.2, 0.25) is 0 Å². The highest BCUT2D eigenvalue weighted by molar-refractivity contribution is 6.01. The second-order valence-corrected chi connectivity index (χ2v) is 10.0. The van der Waals surface area contributed by atoms with E-state index < -0.39 is 5.97 Å². The summed E-state index contributed by atoms with van der Waals surface area (Å²) in [5.74, 6) is -0.0389. The molecular formula is C29H28FN5O4. The first-order valence-electron chi connectivity index (χ1n) is 13.0. The summed E-state index contributed by atoms with van der Waals surface area (Å²) in [6.07, 6.45) is 4.29. The van der Waals surface area contributed by atoms with Crippen LogP contribution in [0.15, 0.2) is 54.9 Å². The van der Waals surface area contributed by atoms with Crippen molar-refractivity contribution in [1.82, 2.24) is 19.5 Å². The number of aromatic nitrogens is 3. The molecule has 9 nitrogen and oxygen atoms in total. The average molecular weight is 530 g/mol. The van der Waals surface area contributed by atoms with E-state index in [1.165, 1.54) is 29.0 Å². The van der Waals surface area contributed by atoms with Gasteiger partial charge in [0.15, 0.2) is 5.65 Å². The van der Waals surface area contributed by atoms with Crippen molar-refractivity contribution in [2.45, 2.75) is 32.1 Å². The molecule has 39 heavy (non-hydrogen) atoms. The standard InChI is InChI=1S/C29H28FN5O4/c1-3-38-28(37)22-16-32-35-25(22)31-15-21(26(35)33-20-6-4-5-18(2)13-20)27(36)34-11-9-29(10-12-34)17-39-24-14-19(30)7-8-23(24)29/h4-8,13-16,33H,3,9-12,17H2,1-2H3. The van der Waals surface area contributed by atoms with Gasteiger partial charge >= 0.3 is 5.97 Å². The monoisotopic (exact) mass is 529 g/mol. The van der Waals surface area contributed by atoms with Crippen molar-refractivity contribution in [1.29, 1.82) is 0 Å². The first-order valence-corrected chi connectivity index (χ1v) is 13.0. The molecule has 1 spiro atoms. The van der Waals surface area contributed by atoms with E-state index in [-0.39, 0.29) is 29.3 Å². The van der Waals surface area contributed by atoms with E-state index in [9.17, 15) is 14.0 Å². The molecule has 10 heteroatoms. The molecule has 2 aliphatic heterocycles. The van der Waals surface area contributed by atoms with Gasteiger partial charge in [-0.05, 0) is 50.5 Å². The Kier molecular flexibility index (Phi) is 6.17. The maximum Gasteiger partial charge on any atom is 0.343 e. The van der Waals surface area contributed by atoms with Crippen LogP contribution in [0.3, 0.4) is 0 Å². The molecule has 2 aliphatic rings. The molecular weight excluding hydrogens is 501 g/mol. The highest BCUT2D eigenvalue weighted by Gasteiger charge is 2.44. The van der Waals surface area contributed by atoms with E-state index in [2.05, 4.69) is 15.4 Å². The number of carbonyl (C=O) groups is 2. The van der Waals surface area contributed by atoms with Crippen LogP contribution < -0.4 is 10.1 Å². The van der Waals surface area contributed by atoms with Crippen LogP contribution in [-0.4, -0.2) is 57.7 Å². The van der Waals surface area contributed by atoms with Crippen molar-refractivity contribution in [3.05, 3.63) is 82.9 Å². The Balaban J connectivity index is 1.32. The van der Waals surface area contributed by atoms with Crippen molar-refractivity contribution < 1.29 is 23.5 Å². The van der Waals surface area contributed by atoms with E-state index in [1.807, 2.05) is 31.2 Å². The lowest BCUT2D eigenvalue weighted by Gasteiger charge is -2.38. The number of ether oxygens (including phenoxy) is 2. The van der Waals surface area contributed by atoms with Gasteiger partial charge in [0.25, 0.3) is 5.91 Å². The zero-order chi connectivity index (χ0) is 27.1. The lowest BCUT2D eigenvalue weighted by Crippen LogP contribution is -2.46. The smallest absolute Gasteiger partial charge is 0.343 e. The molecule has 4 aromatic rings. The Labute approximate surface area is 224 Å². The molecule has 2 aromatic heterocycles. The molecule has 4 heterocycles. The minimum absolute atomic E-state index is 0.194. The topological polar surface area (TPSA) is 98.1 Å². The molecule has 1 N–H and O–H groups in total. The average Bonchev–Trinajstić information content (AvgIpc) is 3.51. The molecule has 1 fully saturated rings. The van der Waals surface area contributed by atoms with E-state index in [0.29, 0.717) is 55.3 Å². The highest BCUT2D eigenvalue weighted by Crippen LogP contribution is 2.46. The number of anilines is 2.